The largest absolute Gasteiger partial charge is 0.743 e. The predicted molar refractivity (Wildman–Crippen MR) is 479 cm³/mol. The molecule has 746 valence electrons. The minimum absolute atomic E-state index is 0.0130. The summed E-state index contributed by atoms with van der Waals surface area (Å²) in [4.78, 5) is 54.6. The molecule has 0 radical (unpaired) electrons. The Bertz CT molecular complexity index is 5110. The van der Waals surface area contributed by atoms with Crippen molar-refractivity contribution >= 4 is 96.6 Å². The molecule has 20 nitrogen and oxygen atoms in total. The van der Waals surface area contributed by atoms with Crippen LogP contribution in [-0.4, -0.2) is 187 Å². The molecule has 3 aliphatic heterocycles. The Balaban J connectivity index is 0.000000155. The van der Waals surface area contributed by atoms with Crippen molar-refractivity contribution in [3.8, 4) is 5.75 Å². The summed E-state index contributed by atoms with van der Waals surface area (Å²) < 4.78 is 310. The lowest BCUT2D eigenvalue weighted by molar-refractivity contribution is -0.266. The van der Waals surface area contributed by atoms with Crippen LogP contribution in [0.15, 0.2) is 154 Å². The fourth-order valence-electron chi connectivity index (χ4n) is 22.0. The molecule has 13 fully saturated rings. The summed E-state index contributed by atoms with van der Waals surface area (Å²) in [6, 6.07) is 48.3. The van der Waals surface area contributed by atoms with Crippen molar-refractivity contribution in [3.05, 3.63) is 156 Å². The minimum Gasteiger partial charge on any atom is -0.743 e. The van der Waals surface area contributed by atoms with Gasteiger partial charge in [-0.25, -0.2) is 33.7 Å². The Hall–Kier alpha value is -6.08. The molecule has 3 heterocycles. The third kappa shape index (κ3) is 24.9. The lowest BCUT2D eigenvalue weighted by Gasteiger charge is -2.55. The maximum Gasteiger partial charge on any atom is 0.432 e. The first-order valence-electron chi connectivity index (χ1n) is 45.2. The molecule has 4 unspecified atom stereocenters. The number of esters is 2. The number of fused-ring (bicyclic) bond motifs is 1. The summed E-state index contributed by atoms with van der Waals surface area (Å²) in [5.74, 6) is -1.19. The monoisotopic (exact) mass is 2040 g/mol. The molecule has 4 atom stereocenters. The number of hydrogen-bond acceptors (Lipinski definition) is 19. The highest BCUT2D eigenvalue weighted by molar-refractivity contribution is 7.99. The van der Waals surface area contributed by atoms with Crippen molar-refractivity contribution in [1.29, 1.82) is 0 Å². The van der Waals surface area contributed by atoms with Gasteiger partial charge in [-0.15, -0.1) is 0 Å². The summed E-state index contributed by atoms with van der Waals surface area (Å²) in [5, 5.41) is -23.6. The van der Waals surface area contributed by atoms with E-state index in [4.69, 9.17) is 9.47 Å². The summed E-state index contributed by atoms with van der Waals surface area (Å²) >= 11 is 0. The van der Waals surface area contributed by atoms with E-state index in [2.05, 4.69) is 159 Å². The SMILES string of the molecule is CC(C)(C(=O)c1ccc(C2CCCCC2)cc1)[S+]1CCCC1.COc1ccc(C(=O)C([S+]2CCOCC2)C(C)(C)C)cc1.O=C(OC(C(F)(F)F)C(F)(F)S(=O)(=O)[O-])C12CC3CC(CC(C3)C1)C2.O=C(OCC(F)(F)S(=O)(=O)[O-])C12CC3CC(CC(C3)C1)C2.O=S(=O)([O-])C(F)(F)C(F)(F)C(F)(F)S(=O)(=O)N1CCC2CCCCC2C1.c1ccc([S+](c2ccccc2)c2ccccc2)cc1. The number of alkyl halides is 13. The zero-order valence-corrected chi connectivity index (χ0v) is 81.2. The van der Waals surface area contributed by atoms with Crippen LogP contribution in [0.25, 0.3) is 0 Å². The Kier molecular flexibility index (Phi) is 34.9. The highest BCUT2D eigenvalue weighted by atomic mass is 32.2. The first-order chi connectivity index (χ1) is 62.4. The maximum atomic E-state index is 14.0. The Morgan fingerprint density at radius 1 is 0.493 bits per heavy atom. The predicted octanol–water partition coefficient (Wildman–Crippen LogP) is 19.7. The fourth-order valence-corrected chi connectivity index (χ4v) is 32.3. The standard InChI is InChI=1S/C20H29OS.C18H15S.C17H25O3S.C14H17F5O5S.C13H18F2O5S.C12H17F6NO5S2/c1-20(2,22-14-6-7-15-22)19(21)18-12-10-17(11-13-18)16-8-4-3-5-9-16;1-4-10-16(11-5-1)19(17-12-6-2-7-13-17)18-14-8-3-9-15-18;1-17(2,3)16(21-11-9-20-10-12-21)15(18)13-5-7-14(19-4)8-6-13;15-13(16,17)10(14(18,19)25(21,22)23)24-11(20)12-4-7-1-8(5-12)3-9(2-7)6-12;14-13(15,21(17,18)19)7-20-11(16)12-4-8-1-9(5-12)3-10(2-8)6-12;13-10(14,12(17,18)26(22,23)24)11(15,16)25(20,21)19-6-5-8-3-1-2-4-9(8)7-19/h10-13,16H,3-9,14-15H2,1-2H3;1-15H;5-8,16H,9-12H2,1-4H3;7-10H,1-6H2,(H,21,22,23);8-10H,1-7H2,(H,17,18,19);8-9H,1-7H2,(H,22,23,24)/q3*+1;;;/p-3. The van der Waals surface area contributed by atoms with Crippen LogP contribution in [0, 0.1) is 63.6 Å². The van der Waals surface area contributed by atoms with E-state index in [0.717, 1.165) is 98.9 Å². The molecule has 5 aromatic carbocycles. The van der Waals surface area contributed by atoms with E-state index in [1.54, 1.807) is 7.11 Å². The van der Waals surface area contributed by atoms with Crippen LogP contribution in [0.3, 0.4) is 0 Å². The molecule has 3 saturated heterocycles. The molecule has 0 spiro atoms. The van der Waals surface area contributed by atoms with Crippen LogP contribution in [-0.2, 0) is 96.9 Å². The third-order valence-corrected chi connectivity index (χ3v) is 40.9. The second kappa shape index (κ2) is 43.2. The molecule has 18 rings (SSSR count). The lowest BCUT2D eigenvalue weighted by Crippen LogP contribution is -2.64. The van der Waals surface area contributed by atoms with Gasteiger partial charge in [0.1, 0.15) is 28.8 Å². The van der Waals surface area contributed by atoms with E-state index >= 15 is 0 Å². The molecule has 134 heavy (non-hydrogen) atoms. The van der Waals surface area contributed by atoms with Gasteiger partial charge in [-0.05, 0) is 249 Å². The van der Waals surface area contributed by atoms with Crippen LogP contribution in [0.2, 0.25) is 0 Å². The number of piperidine rings is 1. The normalized spacial score (nSPS) is 25.9. The van der Waals surface area contributed by atoms with Crippen molar-refractivity contribution in [2.75, 3.05) is 63.0 Å². The number of nitrogens with zero attached hydrogens (tertiary/aromatic N) is 1. The van der Waals surface area contributed by atoms with Crippen molar-refractivity contribution in [2.24, 2.45) is 63.6 Å². The highest BCUT2D eigenvalue weighted by Crippen LogP contribution is 2.63. The van der Waals surface area contributed by atoms with Crippen molar-refractivity contribution in [2.45, 2.75) is 259 Å². The number of sulfonamides is 1. The van der Waals surface area contributed by atoms with Gasteiger partial charge in [0.25, 0.3) is 16.1 Å². The topological polar surface area (TPSA) is 314 Å². The average Bonchev–Trinajstić information content (AvgIpc) is 0.745. The molecule has 40 heteroatoms. The Labute approximate surface area is 785 Å². The van der Waals surface area contributed by atoms with Crippen LogP contribution >= 0.6 is 0 Å². The van der Waals surface area contributed by atoms with Crippen LogP contribution in [0.1, 0.15) is 221 Å². The number of Topliss-reactive ketones (excluding diaryl/α,β-unsaturated/α-hetero) is 2. The summed E-state index contributed by atoms with van der Waals surface area (Å²) in [7, 11) is -24.1. The molecular weight excluding hydrogens is 1920 g/mol. The highest BCUT2D eigenvalue weighted by Gasteiger charge is 2.81. The van der Waals surface area contributed by atoms with Gasteiger partial charge in [0.15, 0.2) is 61.6 Å². The van der Waals surface area contributed by atoms with Gasteiger partial charge in [-0.1, -0.05) is 138 Å². The van der Waals surface area contributed by atoms with E-state index < -0.39 is 122 Å². The van der Waals surface area contributed by atoms with Crippen LogP contribution < -0.4 is 4.74 Å². The third-order valence-electron chi connectivity index (χ3n) is 28.0. The number of benzene rings is 5. The van der Waals surface area contributed by atoms with Gasteiger partial charge < -0.3 is 32.6 Å². The molecular formula is C94H118F13NO19S7. The number of rotatable bonds is 24. The maximum absolute atomic E-state index is 14.0. The fraction of sp³-hybridized carbons (Fsp3) is 0.638. The van der Waals surface area contributed by atoms with Gasteiger partial charge >= 0.3 is 45.1 Å². The zero-order chi connectivity index (χ0) is 98.4. The lowest BCUT2D eigenvalue weighted by atomic mass is 9.49. The number of ketones is 2. The molecule has 0 amide bonds. The summed E-state index contributed by atoms with van der Waals surface area (Å²) in [6.07, 6.45) is 10.4. The van der Waals surface area contributed by atoms with E-state index in [9.17, 15) is 124 Å². The van der Waals surface area contributed by atoms with Crippen molar-refractivity contribution < 1.29 is 143 Å². The molecule has 10 saturated carbocycles. The van der Waals surface area contributed by atoms with E-state index in [1.807, 2.05) is 24.3 Å². The molecule has 0 N–H and O–H groups in total. The summed E-state index contributed by atoms with van der Waals surface area (Å²) in [5.41, 5.74) is 1.09. The van der Waals surface area contributed by atoms with Crippen molar-refractivity contribution in [1.82, 2.24) is 4.31 Å². The van der Waals surface area contributed by atoms with Crippen LogP contribution in [0.5, 0.6) is 5.75 Å². The van der Waals surface area contributed by atoms with Gasteiger partial charge in [-0.2, -0.15) is 61.4 Å². The second-order valence-corrected chi connectivity index (χ2v) is 52.5. The number of hydrogen-bond donors (Lipinski definition) is 0. The number of carbonyl (C=O) groups excluding carboxylic acids is 4. The van der Waals surface area contributed by atoms with Gasteiger partial charge in [-0.3, -0.25) is 19.2 Å². The molecule has 13 aliphatic rings. The number of methoxy groups -OCH3 is 1. The smallest absolute Gasteiger partial charge is 0.432 e. The second-order valence-electron chi connectivity index (χ2n) is 39.0. The Morgan fingerprint density at radius 3 is 1.31 bits per heavy atom. The summed E-state index contributed by atoms with van der Waals surface area (Å²) in [6.45, 7) is 9.60. The van der Waals surface area contributed by atoms with Gasteiger partial charge in [0, 0.05) is 51.4 Å². The van der Waals surface area contributed by atoms with Gasteiger partial charge in [0.2, 0.25) is 11.6 Å². The molecule has 8 bridgehead atoms. The van der Waals surface area contributed by atoms with Gasteiger partial charge in [0.05, 0.1) is 42.0 Å². The molecule has 10 aliphatic carbocycles. The quantitative estimate of drug-likeness (QED) is 0.0182. The zero-order valence-electron chi connectivity index (χ0n) is 75.4. The van der Waals surface area contributed by atoms with E-state index in [1.165, 1.54) is 76.7 Å². The number of carbonyl (C=O) groups is 4. The average molecular weight is 2040 g/mol. The molecule has 5 aromatic rings. The minimum atomic E-state index is -7.25. The van der Waals surface area contributed by atoms with Crippen LogP contribution in [0.4, 0.5) is 57.1 Å². The first-order valence-corrected chi connectivity index (χ1v) is 55.3. The first kappa shape index (κ1) is 108. The number of ether oxygens (including phenoxy) is 4. The van der Waals surface area contributed by atoms with E-state index in [-0.39, 0.29) is 113 Å². The molecule has 0 aromatic heterocycles. The van der Waals surface area contributed by atoms with Crippen molar-refractivity contribution in [3.63, 3.8) is 0 Å². The van der Waals surface area contributed by atoms with E-state index in [0.29, 0.717) is 55.6 Å². The number of halogens is 13. The Morgan fingerprint density at radius 2 is 0.910 bits per heavy atom.